The van der Waals surface area contributed by atoms with E-state index < -0.39 is 0 Å². The second kappa shape index (κ2) is 8.69. The number of nitrogens with one attached hydrogen (secondary N) is 1. The fourth-order valence-electron chi connectivity index (χ4n) is 1.78. The van der Waals surface area contributed by atoms with Gasteiger partial charge in [0.2, 0.25) is 0 Å². The summed E-state index contributed by atoms with van der Waals surface area (Å²) in [6.45, 7) is 2.26. The van der Waals surface area contributed by atoms with Crippen molar-refractivity contribution in [2.24, 2.45) is 17.2 Å². The third-order valence-electron chi connectivity index (χ3n) is 2.75. The van der Waals surface area contributed by atoms with Gasteiger partial charge in [-0.3, -0.25) is 0 Å². The predicted octanol–water partition coefficient (Wildman–Crippen LogP) is 1.35. The summed E-state index contributed by atoms with van der Waals surface area (Å²) in [6.07, 6.45) is 5.12. The summed E-state index contributed by atoms with van der Waals surface area (Å²) in [7, 11) is 0. The summed E-state index contributed by atoms with van der Waals surface area (Å²) in [5, 5.41) is 1.29. The van der Waals surface area contributed by atoms with E-state index in [-0.39, 0.29) is 0 Å². The molecule has 0 bridgehead atoms. The van der Waals surface area contributed by atoms with Crippen molar-refractivity contribution in [3.8, 4) is 0 Å². The van der Waals surface area contributed by atoms with Gasteiger partial charge >= 0.3 is 0 Å². The van der Waals surface area contributed by atoms with E-state index in [4.69, 9.17) is 17.2 Å². The van der Waals surface area contributed by atoms with E-state index in [9.17, 15) is 0 Å². The third kappa shape index (κ3) is 4.49. The smallest absolute Gasteiger partial charge is 0.0456 e. The van der Waals surface area contributed by atoms with Gasteiger partial charge in [-0.05, 0) is 50.5 Å². The van der Waals surface area contributed by atoms with Gasteiger partial charge in [-0.25, -0.2) is 0 Å². The molecule has 0 saturated heterocycles. The minimum absolute atomic E-state index is 0.710. The number of para-hydroxylation sites is 1. The minimum Gasteiger partial charge on any atom is -0.361 e. The first-order valence-corrected chi connectivity index (χ1v) is 6.48. The number of fused-ring (bicyclic) bond motifs is 1. The van der Waals surface area contributed by atoms with Gasteiger partial charge in [-0.2, -0.15) is 0 Å². The van der Waals surface area contributed by atoms with Crippen molar-refractivity contribution in [3.63, 3.8) is 0 Å². The maximum Gasteiger partial charge on any atom is 0.0456 e. The van der Waals surface area contributed by atoms with Crippen LogP contribution in [0.3, 0.4) is 0 Å². The number of rotatable bonds is 5. The highest BCUT2D eigenvalue weighted by molar-refractivity contribution is 5.82. The molecule has 0 amide bonds. The number of aromatic nitrogens is 1. The normalized spacial score (nSPS) is 10.2. The fourth-order valence-corrected chi connectivity index (χ4v) is 1.78. The van der Waals surface area contributed by atoms with E-state index in [1.54, 1.807) is 0 Å². The van der Waals surface area contributed by atoms with E-state index >= 15 is 0 Å². The van der Waals surface area contributed by atoms with Gasteiger partial charge in [-0.15, -0.1) is 0 Å². The first kappa shape index (κ1) is 14.7. The highest BCUT2D eigenvalue weighted by Crippen LogP contribution is 2.17. The Balaban J connectivity index is 0.000000232. The van der Waals surface area contributed by atoms with Crippen LogP contribution in [-0.4, -0.2) is 24.6 Å². The van der Waals surface area contributed by atoms with Crippen LogP contribution >= 0.6 is 0 Å². The molecule has 0 atom stereocenters. The van der Waals surface area contributed by atoms with Crippen LogP contribution in [-0.2, 0) is 6.42 Å². The highest BCUT2D eigenvalue weighted by atomic mass is 14.7. The standard InChI is InChI=1S/C10H12N2.C4H12N2/c11-6-5-8-7-12-10-4-2-1-3-9(8)10;5-3-1-2-4-6/h1-4,7,12H,5-6,11H2;1-6H2. The largest absolute Gasteiger partial charge is 0.361 e. The lowest BCUT2D eigenvalue weighted by Gasteiger charge is -1.93. The van der Waals surface area contributed by atoms with Crippen LogP contribution in [0.5, 0.6) is 0 Å². The predicted molar refractivity (Wildman–Crippen MR) is 78.4 cm³/mol. The summed E-state index contributed by atoms with van der Waals surface area (Å²) in [6, 6.07) is 8.29. The van der Waals surface area contributed by atoms with Crippen molar-refractivity contribution in [3.05, 3.63) is 36.0 Å². The molecular formula is C14H24N4. The van der Waals surface area contributed by atoms with Gasteiger partial charge in [0.1, 0.15) is 0 Å². The van der Waals surface area contributed by atoms with Crippen molar-refractivity contribution in [1.82, 2.24) is 4.98 Å². The van der Waals surface area contributed by atoms with Gasteiger partial charge in [0.25, 0.3) is 0 Å². The molecule has 2 aromatic rings. The van der Waals surface area contributed by atoms with E-state index in [2.05, 4.69) is 23.2 Å². The second-order valence-electron chi connectivity index (χ2n) is 4.18. The van der Waals surface area contributed by atoms with Crippen molar-refractivity contribution in [2.75, 3.05) is 19.6 Å². The van der Waals surface area contributed by atoms with Crippen molar-refractivity contribution in [1.29, 1.82) is 0 Å². The van der Waals surface area contributed by atoms with Crippen LogP contribution in [0.2, 0.25) is 0 Å². The first-order valence-electron chi connectivity index (χ1n) is 6.48. The maximum atomic E-state index is 5.50. The van der Waals surface area contributed by atoms with E-state index in [0.29, 0.717) is 6.54 Å². The molecule has 2 rings (SSSR count). The van der Waals surface area contributed by atoms with E-state index in [0.717, 1.165) is 32.4 Å². The maximum absolute atomic E-state index is 5.50. The Hall–Kier alpha value is -1.36. The molecule has 0 aliphatic rings. The van der Waals surface area contributed by atoms with Crippen LogP contribution in [0.1, 0.15) is 18.4 Å². The molecule has 1 heterocycles. The Kier molecular flexibility index (Phi) is 7.10. The van der Waals surface area contributed by atoms with Gasteiger partial charge in [0, 0.05) is 17.1 Å². The molecule has 4 heteroatoms. The summed E-state index contributed by atoms with van der Waals surface area (Å²) in [5.74, 6) is 0. The third-order valence-corrected chi connectivity index (χ3v) is 2.75. The average molecular weight is 248 g/mol. The molecule has 0 aliphatic heterocycles. The quantitative estimate of drug-likeness (QED) is 0.602. The zero-order valence-corrected chi connectivity index (χ0v) is 10.9. The minimum atomic E-state index is 0.710. The lowest BCUT2D eigenvalue weighted by atomic mass is 10.1. The number of benzene rings is 1. The lowest BCUT2D eigenvalue weighted by molar-refractivity contribution is 0.755. The number of aromatic amines is 1. The van der Waals surface area contributed by atoms with Crippen LogP contribution in [0.4, 0.5) is 0 Å². The SMILES string of the molecule is NCCCCN.NCCc1c[nH]c2ccccc12. The van der Waals surface area contributed by atoms with Gasteiger partial charge in [0.05, 0.1) is 0 Å². The number of H-pyrrole nitrogens is 1. The zero-order chi connectivity index (χ0) is 13.2. The van der Waals surface area contributed by atoms with Crippen molar-refractivity contribution in [2.45, 2.75) is 19.3 Å². The molecular weight excluding hydrogens is 224 g/mol. The Labute approximate surface area is 109 Å². The molecule has 7 N–H and O–H groups in total. The Bertz CT molecular complexity index is 432. The summed E-state index contributed by atoms with van der Waals surface area (Å²) in [5.41, 5.74) is 18.3. The van der Waals surface area contributed by atoms with Crippen LogP contribution in [0.25, 0.3) is 10.9 Å². The molecule has 0 radical (unpaired) electrons. The van der Waals surface area contributed by atoms with E-state index in [1.807, 2.05) is 12.3 Å². The highest BCUT2D eigenvalue weighted by Gasteiger charge is 1.99. The molecule has 4 nitrogen and oxygen atoms in total. The van der Waals surface area contributed by atoms with Gasteiger partial charge in [-0.1, -0.05) is 18.2 Å². The Morgan fingerprint density at radius 3 is 2.17 bits per heavy atom. The average Bonchev–Trinajstić information content (AvgIpc) is 2.81. The molecule has 18 heavy (non-hydrogen) atoms. The van der Waals surface area contributed by atoms with Crippen LogP contribution < -0.4 is 17.2 Å². The molecule has 0 unspecified atom stereocenters. The Morgan fingerprint density at radius 2 is 1.56 bits per heavy atom. The molecule has 1 aromatic carbocycles. The molecule has 100 valence electrons. The summed E-state index contributed by atoms with van der Waals surface area (Å²) >= 11 is 0. The van der Waals surface area contributed by atoms with Crippen molar-refractivity contribution < 1.29 is 0 Å². The van der Waals surface area contributed by atoms with Crippen LogP contribution in [0.15, 0.2) is 30.5 Å². The number of unbranched alkanes of at least 4 members (excludes halogenated alkanes) is 1. The molecule has 0 spiro atoms. The first-order chi connectivity index (χ1) is 8.83. The van der Waals surface area contributed by atoms with Gasteiger partial charge < -0.3 is 22.2 Å². The molecule has 0 aliphatic carbocycles. The topological polar surface area (TPSA) is 93.8 Å². The van der Waals surface area contributed by atoms with Gasteiger partial charge in [0.15, 0.2) is 0 Å². The lowest BCUT2D eigenvalue weighted by Crippen LogP contribution is -2.03. The second-order valence-corrected chi connectivity index (χ2v) is 4.18. The molecule has 0 fully saturated rings. The van der Waals surface area contributed by atoms with E-state index in [1.165, 1.54) is 16.5 Å². The molecule has 0 saturated carbocycles. The summed E-state index contributed by atoms with van der Waals surface area (Å²) in [4.78, 5) is 3.22. The van der Waals surface area contributed by atoms with Crippen molar-refractivity contribution >= 4 is 10.9 Å². The number of hydrogen-bond acceptors (Lipinski definition) is 3. The fraction of sp³-hybridized carbons (Fsp3) is 0.429. The monoisotopic (exact) mass is 248 g/mol. The zero-order valence-electron chi connectivity index (χ0n) is 10.9. The number of nitrogens with two attached hydrogens (primary N) is 3. The number of hydrogen-bond donors (Lipinski definition) is 4. The Morgan fingerprint density at radius 1 is 0.889 bits per heavy atom. The molecule has 1 aromatic heterocycles. The summed E-state index contributed by atoms with van der Waals surface area (Å²) < 4.78 is 0. The van der Waals surface area contributed by atoms with Crippen LogP contribution in [0, 0.1) is 0 Å².